The SMILES string of the molecule is C=CCOCC(O)Cn1c(NN=Cc2ccccc2)nc2c1c(=O)[nH]c(=O)n2C. The van der Waals surface area contributed by atoms with Crippen LogP contribution in [-0.2, 0) is 18.3 Å². The first-order valence-corrected chi connectivity index (χ1v) is 8.91. The average molecular weight is 398 g/mol. The third-order valence-electron chi connectivity index (χ3n) is 4.12. The summed E-state index contributed by atoms with van der Waals surface area (Å²) < 4.78 is 7.96. The Bertz CT molecular complexity index is 1130. The van der Waals surface area contributed by atoms with Gasteiger partial charge in [0, 0.05) is 7.05 Å². The number of H-pyrrole nitrogens is 1. The molecule has 1 unspecified atom stereocenters. The van der Waals surface area contributed by atoms with Crippen LogP contribution in [0.5, 0.6) is 0 Å². The minimum Gasteiger partial charge on any atom is -0.389 e. The largest absolute Gasteiger partial charge is 0.389 e. The number of nitrogens with one attached hydrogen (secondary N) is 2. The van der Waals surface area contributed by atoms with Gasteiger partial charge in [-0.05, 0) is 5.56 Å². The van der Waals surface area contributed by atoms with Crippen molar-refractivity contribution in [3.8, 4) is 0 Å². The van der Waals surface area contributed by atoms with Crippen LogP contribution < -0.4 is 16.7 Å². The van der Waals surface area contributed by atoms with E-state index in [4.69, 9.17) is 4.74 Å². The molecule has 3 rings (SSSR count). The van der Waals surface area contributed by atoms with Crippen LogP contribution in [0.1, 0.15) is 5.56 Å². The average Bonchev–Trinajstić information content (AvgIpc) is 3.06. The number of aromatic nitrogens is 4. The number of aliphatic hydroxyl groups is 1. The van der Waals surface area contributed by atoms with Crippen molar-refractivity contribution in [3.63, 3.8) is 0 Å². The Morgan fingerprint density at radius 2 is 2.14 bits per heavy atom. The molecule has 2 aromatic heterocycles. The summed E-state index contributed by atoms with van der Waals surface area (Å²) in [7, 11) is 1.50. The number of imidazole rings is 1. The molecule has 0 spiro atoms. The van der Waals surface area contributed by atoms with E-state index in [-0.39, 0.29) is 30.3 Å². The summed E-state index contributed by atoms with van der Waals surface area (Å²) in [6.07, 6.45) is 2.25. The number of hydrogen-bond donors (Lipinski definition) is 3. The molecule has 2 heterocycles. The fourth-order valence-electron chi connectivity index (χ4n) is 2.75. The summed E-state index contributed by atoms with van der Waals surface area (Å²) in [5, 5.41) is 14.4. The Balaban J connectivity index is 1.96. The highest BCUT2D eigenvalue weighted by atomic mass is 16.5. The van der Waals surface area contributed by atoms with Gasteiger partial charge >= 0.3 is 5.69 Å². The standard InChI is InChI=1S/C19H22N6O4/c1-3-9-29-12-14(26)11-25-15-16(24(2)19(28)22-17(15)27)21-18(25)23-20-10-13-7-5-4-6-8-13/h3-8,10,14,26H,1,9,11-12H2,2H3,(H,21,23)(H,22,27,28). The molecular weight excluding hydrogens is 376 g/mol. The van der Waals surface area contributed by atoms with E-state index in [0.29, 0.717) is 6.61 Å². The van der Waals surface area contributed by atoms with Crippen LogP contribution in [0.2, 0.25) is 0 Å². The zero-order valence-corrected chi connectivity index (χ0v) is 15.9. The molecule has 0 aliphatic rings. The number of nitrogens with zero attached hydrogens (tertiary/aromatic N) is 4. The van der Waals surface area contributed by atoms with E-state index in [9.17, 15) is 14.7 Å². The molecule has 1 atom stereocenters. The molecule has 10 nitrogen and oxygen atoms in total. The van der Waals surface area contributed by atoms with Gasteiger partial charge < -0.3 is 14.4 Å². The summed E-state index contributed by atoms with van der Waals surface area (Å²) in [6.45, 7) is 3.90. The van der Waals surface area contributed by atoms with Crippen molar-refractivity contribution in [3.05, 3.63) is 69.4 Å². The first-order chi connectivity index (χ1) is 14.0. The highest BCUT2D eigenvalue weighted by Gasteiger charge is 2.19. The number of anilines is 1. The Morgan fingerprint density at radius 3 is 2.86 bits per heavy atom. The molecule has 29 heavy (non-hydrogen) atoms. The number of aromatic amines is 1. The van der Waals surface area contributed by atoms with Crippen LogP contribution in [0, 0.1) is 0 Å². The minimum atomic E-state index is -0.914. The van der Waals surface area contributed by atoms with Crippen molar-refractivity contribution < 1.29 is 9.84 Å². The van der Waals surface area contributed by atoms with Crippen LogP contribution in [0.3, 0.4) is 0 Å². The first-order valence-electron chi connectivity index (χ1n) is 8.91. The number of aryl methyl sites for hydroxylation is 1. The van der Waals surface area contributed by atoms with Crippen molar-refractivity contribution in [2.45, 2.75) is 12.6 Å². The van der Waals surface area contributed by atoms with Gasteiger partial charge in [0.25, 0.3) is 5.56 Å². The maximum atomic E-state index is 12.4. The minimum absolute atomic E-state index is 0.0120. The number of aliphatic hydroxyl groups excluding tert-OH is 1. The number of rotatable bonds is 9. The van der Waals surface area contributed by atoms with Crippen molar-refractivity contribution in [1.29, 1.82) is 0 Å². The van der Waals surface area contributed by atoms with Crippen LogP contribution in [0.4, 0.5) is 5.95 Å². The van der Waals surface area contributed by atoms with Crippen LogP contribution in [0.25, 0.3) is 11.2 Å². The summed E-state index contributed by atoms with van der Waals surface area (Å²) in [4.78, 5) is 30.9. The number of benzene rings is 1. The normalized spacial score (nSPS) is 12.5. The topological polar surface area (TPSA) is 127 Å². The number of hydrogen-bond acceptors (Lipinski definition) is 7. The van der Waals surface area contributed by atoms with Crippen LogP contribution >= 0.6 is 0 Å². The summed E-state index contributed by atoms with van der Waals surface area (Å²) in [6, 6.07) is 9.41. The molecule has 3 aromatic rings. The first kappa shape index (κ1) is 20.2. The predicted octanol–water partition coefficient (Wildman–Crippen LogP) is 0.433. The maximum absolute atomic E-state index is 12.4. The molecule has 10 heteroatoms. The molecule has 0 aliphatic carbocycles. The molecule has 0 saturated heterocycles. The second-order valence-electron chi connectivity index (χ2n) is 6.30. The van der Waals surface area contributed by atoms with E-state index in [2.05, 4.69) is 27.1 Å². The Morgan fingerprint density at radius 1 is 1.38 bits per heavy atom. The van der Waals surface area contributed by atoms with Gasteiger partial charge in [-0.15, -0.1) is 6.58 Å². The monoisotopic (exact) mass is 398 g/mol. The summed E-state index contributed by atoms with van der Waals surface area (Å²) in [5.41, 5.74) is 2.79. The van der Waals surface area contributed by atoms with E-state index in [1.807, 2.05) is 30.3 Å². The quantitative estimate of drug-likeness (QED) is 0.208. The van der Waals surface area contributed by atoms with E-state index >= 15 is 0 Å². The third kappa shape index (κ3) is 4.68. The number of fused-ring (bicyclic) bond motifs is 1. The van der Waals surface area contributed by atoms with Crippen LogP contribution in [0.15, 0.2) is 57.7 Å². The molecule has 0 fully saturated rings. The van der Waals surface area contributed by atoms with Gasteiger partial charge in [0.05, 0.1) is 32.1 Å². The van der Waals surface area contributed by atoms with E-state index < -0.39 is 17.4 Å². The maximum Gasteiger partial charge on any atom is 0.329 e. The Labute approximate surface area is 165 Å². The van der Waals surface area contributed by atoms with E-state index in [1.165, 1.54) is 16.2 Å². The molecule has 0 bridgehead atoms. The van der Waals surface area contributed by atoms with Gasteiger partial charge in [0.15, 0.2) is 11.2 Å². The highest BCUT2D eigenvalue weighted by Crippen LogP contribution is 2.16. The lowest BCUT2D eigenvalue weighted by atomic mass is 10.2. The number of hydrazone groups is 1. The third-order valence-corrected chi connectivity index (χ3v) is 4.12. The predicted molar refractivity (Wildman–Crippen MR) is 110 cm³/mol. The number of ether oxygens (including phenoxy) is 1. The summed E-state index contributed by atoms with van der Waals surface area (Å²) in [5.74, 6) is 0.210. The molecule has 152 valence electrons. The smallest absolute Gasteiger partial charge is 0.329 e. The molecule has 0 aliphatic heterocycles. The second-order valence-corrected chi connectivity index (χ2v) is 6.30. The zero-order chi connectivity index (χ0) is 20.8. The fraction of sp³-hybridized carbons (Fsp3) is 0.263. The molecule has 1 aromatic carbocycles. The summed E-state index contributed by atoms with van der Waals surface area (Å²) >= 11 is 0. The zero-order valence-electron chi connectivity index (χ0n) is 15.9. The van der Waals surface area contributed by atoms with E-state index in [0.717, 1.165) is 5.56 Å². The van der Waals surface area contributed by atoms with Gasteiger partial charge in [-0.2, -0.15) is 10.1 Å². The highest BCUT2D eigenvalue weighted by molar-refractivity contribution is 5.80. The second kappa shape index (κ2) is 9.13. The lowest BCUT2D eigenvalue weighted by Crippen LogP contribution is -2.30. The molecular formula is C19H22N6O4. The molecule has 3 N–H and O–H groups in total. The van der Waals surface area contributed by atoms with Gasteiger partial charge in [-0.1, -0.05) is 36.4 Å². The lowest BCUT2D eigenvalue weighted by molar-refractivity contribution is 0.0405. The molecule has 0 amide bonds. The van der Waals surface area contributed by atoms with Gasteiger partial charge in [-0.3, -0.25) is 14.3 Å². The lowest BCUT2D eigenvalue weighted by Gasteiger charge is -2.13. The van der Waals surface area contributed by atoms with Crippen molar-refractivity contribution >= 4 is 23.3 Å². The fourth-order valence-corrected chi connectivity index (χ4v) is 2.75. The van der Waals surface area contributed by atoms with E-state index in [1.54, 1.807) is 12.3 Å². The Hall–Kier alpha value is -3.50. The van der Waals surface area contributed by atoms with Gasteiger partial charge in [0.2, 0.25) is 5.95 Å². The molecule has 0 radical (unpaired) electrons. The Kier molecular flexibility index (Phi) is 6.37. The van der Waals surface area contributed by atoms with Crippen LogP contribution in [-0.4, -0.2) is 49.7 Å². The van der Waals surface area contributed by atoms with Crippen molar-refractivity contribution in [1.82, 2.24) is 19.1 Å². The molecule has 0 saturated carbocycles. The van der Waals surface area contributed by atoms with Crippen molar-refractivity contribution in [2.24, 2.45) is 12.1 Å². The van der Waals surface area contributed by atoms with Crippen molar-refractivity contribution in [2.75, 3.05) is 18.6 Å². The van der Waals surface area contributed by atoms with Gasteiger partial charge in [0.1, 0.15) is 0 Å². The van der Waals surface area contributed by atoms with Gasteiger partial charge in [-0.25, -0.2) is 10.2 Å².